The van der Waals surface area contributed by atoms with E-state index in [1.807, 2.05) is 18.2 Å². The minimum Gasteiger partial charge on any atom is -0.481 e. The third-order valence-corrected chi connectivity index (χ3v) is 4.73. The van der Waals surface area contributed by atoms with Crippen molar-refractivity contribution in [3.63, 3.8) is 0 Å². The van der Waals surface area contributed by atoms with Crippen LogP contribution in [0.4, 0.5) is 5.69 Å². The van der Waals surface area contributed by atoms with Crippen LogP contribution in [0.25, 0.3) is 11.1 Å². The van der Waals surface area contributed by atoms with Crippen LogP contribution in [0.1, 0.15) is 23.6 Å². The maximum atomic E-state index is 12.5. The normalized spacial score (nSPS) is 12.4. The second-order valence-electron chi connectivity index (χ2n) is 6.59. The van der Waals surface area contributed by atoms with Gasteiger partial charge in [0, 0.05) is 5.69 Å². The summed E-state index contributed by atoms with van der Waals surface area (Å²) in [5, 5.41) is 11.8. The van der Waals surface area contributed by atoms with E-state index >= 15 is 0 Å². The van der Waals surface area contributed by atoms with E-state index in [9.17, 15) is 4.79 Å². The topological polar surface area (TPSA) is 62.1 Å². The van der Waals surface area contributed by atoms with Crippen molar-refractivity contribution in [2.75, 3.05) is 5.32 Å². The Kier molecular flexibility index (Phi) is 4.35. The molecule has 3 aromatic rings. The smallest absolute Gasteiger partial charge is 0.265 e. The first-order valence-electron chi connectivity index (χ1n) is 8.83. The number of carbonyl (C=O) groups excluding carboxylic acids is 1. The van der Waals surface area contributed by atoms with Gasteiger partial charge in [-0.3, -0.25) is 4.79 Å². The van der Waals surface area contributed by atoms with Gasteiger partial charge in [-0.2, -0.15) is 5.26 Å². The average molecular weight is 354 g/mol. The van der Waals surface area contributed by atoms with Crippen LogP contribution in [0, 0.1) is 11.3 Å². The first-order valence-corrected chi connectivity index (χ1v) is 8.83. The quantitative estimate of drug-likeness (QED) is 0.585. The average Bonchev–Trinajstić information content (AvgIpc) is 3.06. The van der Waals surface area contributed by atoms with Crippen molar-refractivity contribution in [2.45, 2.75) is 19.4 Å². The number of hydrogen-bond donors (Lipinski definition) is 1. The van der Waals surface area contributed by atoms with Crippen molar-refractivity contribution in [2.24, 2.45) is 0 Å². The van der Waals surface area contributed by atoms with Crippen molar-refractivity contribution in [3.05, 3.63) is 83.4 Å². The van der Waals surface area contributed by atoms with E-state index in [4.69, 9.17) is 10.00 Å². The molecule has 132 valence electrons. The molecule has 0 saturated heterocycles. The molecule has 0 fully saturated rings. The Morgan fingerprint density at radius 2 is 1.78 bits per heavy atom. The second kappa shape index (κ2) is 6.97. The minimum absolute atomic E-state index is 0.217. The molecule has 3 aromatic carbocycles. The highest BCUT2D eigenvalue weighted by Crippen LogP contribution is 2.37. The summed E-state index contributed by atoms with van der Waals surface area (Å²) >= 11 is 0. The summed E-state index contributed by atoms with van der Waals surface area (Å²) in [6.07, 6.45) is 0.274. The lowest BCUT2D eigenvalue weighted by atomic mass is 10.1. The molecule has 4 rings (SSSR count). The largest absolute Gasteiger partial charge is 0.481 e. The number of anilines is 1. The third kappa shape index (κ3) is 3.40. The van der Waals surface area contributed by atoms with Crippen LogP contribution in [-0.2, 0) is 11.2 Å². The van der Waals surface area contributed by atoms with Gasteiger partial charge in [0.15, 0.2) is 6.10 Å². The highest BCUT2D eigenvalue weighted by Gasteiger charge is 2.20. The van der Waals surface area contributed by atoms with Gasteiger partial charge in [-0.05, 0) is 72.0 Å². The monoisotopic (exact) mass is 354 g/mol. The molecule has 1 aliphatic carbocycles. The van der Waals surface area contributed by atoms with Gasteiger partial charge in [0.1, 0.15) is 5.75 Å². The Hall–Kier alpha value is -3.58. The fourth-order valence-electron chi connectivity index (χ4n) is 3.31. The molecule has 1 N–H and O–H groups in total. The highest BCUT2D eigenvalue weighted by molar-refractivity contribution is 5.95. The van der Waals surface area contributed by atoms with E-state index in [1.165, 1.54) is 22.3 Å². The van der Waals surface area contributed by atoms with Gasteiger partial charge in [-0.1, -0.05) is 30.3 Å². The zero-order chi connectivity index (χ0) is 18.8. The number of hydrogen-bond acceptors (Lipinski definition) is 3. The summed E-state index contributed by atoms with van der Waals surface area (Å²) in [7, 11) is 0. The molecule has 0 heterocycles. The molecule has 27 heavy (non-hydrogen) atoms. The number of ether oxygens (including phenoxy) is 1. The number of nitriles is 1. The summed E-state index contributed by atoms with van der Waals surface area (Å²) in [5.74, 6) is 0.338. The molecule has 4 nitrogen and oxygen atoms in total. The van der Waals surface area contributed by atoms with E-state index in [0.717, 1.165) is 12.1 Å². The summed E-state index contributed by atoms with van der Waals surface area (Å²) in [6.45, 7) is 1.70. The van der Waals surface area contributed by atoms with E-state index in [2.05, 4.69) is 35.7 Å². The molecular weight excluding hydrogens is 336 g/mol. The fourth-order valence-corrected chi connectivity index (χ4v) is 3.31. The number of nitrogens with one attached hydrogen (secondary N) is 1. The molecular formula is C23H18N2O2. The number of rotatable bonds is 4. The Bertz CT molecular complexity index is 1050. The first-order chi connectivity index (χ1) is 13.1. The van der Waals surface area contributed by atoms with E-state index in [-0.39, 0.29) is 5.91 Å². The Balaban J connectivity index is 1.46. The number of benzene rings is 3. The zero-order valence-corrected chi connectivity index (χ0v) is 14.9. The third-order valence-electron chi connectivity index (χ3n) is 4.73. The lowest BCUT2D eigenvalue weighted by Crippen LogP contribution is -2.30. The van der Waals surface area contributed by atoms with Gasteiger partial charge in [0.05, 0.1) is 11.6 Å². The van der Waals surface area contributed by atoms with Gasteiger partial charge in [-0.15, -0.1) is 0 Å². The SMILES string of the molecule is C[C@@H](Oc1ccc(C#N)cc1)C(=O)Nc1ccc2c(c1)-c1ccccc1C2. The molecule has 0 aromatic heterocycles. The summed E-state index contributed by atoms with van der Waals surface area (Å²) < 4.78 is 5.68. The fraction of sp³-hybridized carbons (Fsp3) is 0.130. The van der Waals surface area contributed by atoms with Crippen molar-refractivity contribution in [1.82, 2.24) is 0 Å². The van der Waals surface area contributed by atoms with Gasteiger partial charge >= 0.3 is 0 Å². The lowest BCUT2D eigenvalue weighted by molar-refractivity contribution is -0.122. The number of amides is 1. The van der Waals surface area contributed by atoms with Crippen LogP contribution in [0.15, 0.2) is 66.7 Å². The highest BCUT2D eigenvalue weighted by atomic mass is 16.5. The molecule has 0 bridgehead atoms. The van der Waals surface area contributed by atoms with Crippen LogP contribution >= 0.6 is 0 Å². The van der Waals surface area contributed by atoms with Crippen molar-refractivity contribution < 1.29 is 9.53 Å². The number of carbonyl (C=O) groups is 1. The summed E-state index contributed by atoms with van der Waals surface area (Å²) in [4.78, 5) is 12.5. The maximum Gasteiger partial charge on any atom is 0.265 e. The van der Waals surface area contributed by atoms with E-state index in [1.54, 1.807) is 31.2 Å². The molecule has 1 aliphatic rings. The summed E-state index contributed by atoms with van der Waals surface area (Å²) in [6, 6.07) is 23.1. The predicted molar refractivity (Wildman–Crippen MR) is 105 cm³/mol. The molecule has 0 radical (unpaired) electrons. The van der Waals surface area contributed by atoms with Crippen molar-refractivity contribution in [1.29, 1.82) is 5.26 Å². The Labute approximate surface area is 158 Å². The number of fused-ring (bicyclic) bond motifs is 3. The van der Waals surface area contributed by atoms with Gasteiger partial charge < -0.3 is 10.1 Å². The van der Waals surface area contributed by atoms with Crippen LogP contribution in [0.2, 0.25) is 0 Å². The van der Waals surface area contributed by atoms with Crippen LogP contribution < -0.4 is 10.1 Å². The van der Waals surface area contributed by atoms with Crippen LogP contribution in [0.3, 0.4) is 0 Å². The maximum absolute atomic E-state index is 12.5. The van der Waals surface area contributed by atoms with E-state index in [0.29, 0.717) is 11.3 Å². The van der Waals surface area contributed by atoms with Crippen LogP contribution in [-0.4, -0.2) is 12.0 Å². The second-order valence-corrected chi connectivity index (χ2v) is 6.59. The molecule has 1 atom stereocenters. The van der Waals surface area contributed by atoms with Crippen molar-refractivity contribution in [3.8, 4) is 22.9 Å². The summed E-state index contributed by atoms with van der Waals surface area (Å²) in [5.41, 5.74) is 6.29. The lowest BCUT2D eigenvalue weighted by Gasteiger charge is -2.15. The van der Waals surface area contributed by atoms with Crippen molar-refractivity contribution >= 4 is 11.6 Å². The van der Waals surface area contributed by atoms with Gasteiger partial charge in [0.25, 0.3) is 5.91 Å². The molecule has 0 unspecified atom stereocenters. The number of nitrogens with zero attached hydrogens (tertiary/aromatic N) is 1. The molecule has 4 heteroatoms. The standard InChI is InChI=1S/C23H18N2O2/c1-15(27-20-10-6-16(14-24)7-11-20)23(26)25-19-9-8-18-12-17-4-2-3-5-21(17)22(18)13-19/h2-11,13,15H,12H2,1H3,(H,25,26)/t15-/m1/s1. The Morgan fingerprint density at radius 1 is 1.04 bits per heavy atom. The predicted octanol–water partition coefficient (Wildman–Crippen LogP) is 4.54. The first kappa shape index (κ1) is 16.9. The molecule has 0 aliphatic heterocycles. The van der Waals surface area contributed by atoms with Gasteiger partial charge in [0.2, 0.25) is 0 Å². The van der Waals surface area contributed by atoms with Crippen LogP contribution in [0.5, 0.6) is 5.75 Å². The molecule has 1 amide bonds. The molecule has 0 saturated carbocycles. The zero-order valence-electron chi connectivity index (χ0n) is 14.9. The Morgan fingerprint density at radius 3 is 2.56 bits per heavy atom. The van der Waals surface area contributed by atoms with Gasteiger partial charge in [-0.25, -0.2) is 0 Å². The van der Waals surface area contributed by atoms with E-state index < -0.39 is 6.10 Å². The minimum atomic E-state index is -0.654. The molecule has 0 spiro atoms.